The molecule has 0 aliphatic carbocycles. The maximum atomic E-state index is 11.1. The molecule has 21 heavy (non-hydrogen) atoms. The van der Waals surface area contributed by atoms with Gasteiger partial charge in [0.05, 0.1) is 11.0 Å². The van der Waals surface area contributed by atoms with Gasteiger partial charge < -0.3 is 15.2 Å². The molecule has 0 aromatic carbocycles. The van der Waals surface area contributed by atoms with Gasteiger partial charge in [0.25, 0.3) is 5.69 Å². The number of nitrogens with one attached hydrogen (secondary N) is 1. The Morgan fingerprint density at radius 2 is 2.38 bits per heavy atom. The molecule has 1 unspecified atom stereocenters. The highest BCUT2D eigenvalue weighted by molar-refractivity contribution is 5.93. The Kier molecular flexibility index (Phi) is 5.04. The molecular weight excluding hydrogens is 278 g/mol. The number of hydrogen-bond acceptors (Lipinski definition) is 6. The number of ether oxygens (including phenoxy) is 1. The van der Waals surface area contributed by atoms with Gasteiger partial charge in [-0.15, -0.1) is 0 Å². The van der Waals surface area contributed by atoms with Gasteiger partial charge >= 0.3 is 5.97 Å². The fourth-order valence-electron chi connectivity index (χ4n) is 2.24. The number of pyridine rings is 1. The molecule has 0 amide bonds. The SMILES string of the molecule is O=C(O)c1cc([N+](=O)[O-])cnc1NCCC1CCCCO1. The van der Waals surface area contributed by atoms with E-state index in [-0.39, 0.29) is 23.2 Å². The summed E-state index contributed by atoms with van der Waals surface area (Å²) in [6.45, 7) is 1.27. The molecule has 1 atom stereocenters. The van der Waals surface area contributed by atoms with Crippen molar-refractivity contribution >= 4 is 17.5 Å². The molecule has 1 aliphatic rings. The first kappa shape index (κ1) is 15.2. The highest BCUT2D eigenvalue weighted by Crippen LogP contribution is 2.20. The molecule has 8 heteroatoms. The molecule has 1 saturated heterocycles. The van der Waals surface area contributed by atoms with E-state index in [2.05, 4.69) is 10.3 Å². The second-order valence-corrected chi connectivity index (χ2v) is 4.86. The Labute approximate surface area is 121 Å². The van der Waals surface area contributed by atoms with Crippen molar-refractivity contribution in [3.8, 4) is 0 Å². The van der Waals surface area contributed by atoms with Crippen molar-refractivity contribution in [1.82, 2.24) is 4.98 Å². The zero-order chi connectivity index (χ0) is 15.2. The third kappa shape index (κ3) is 4.12. The van der Waals surface area contributed by atoms with Gasteiger partial charge in [0.1, 0.15) is 17.6 Å². The van der Waals surface area contributed by atoms with Crippen LogP contribution in [0.25, 0.3) is 0 Å². The van der Waals surface area contributed by atoms with E-state index in [0.29, 0.717) is 6.54 Å². The smallest absolute Gasteiger partial charge is 0.339 e. The van der Waals surface area contributed by atoms with Gasteiger partial charge in [-0.1, -0.05) is 0 Å². The van der Waals surface area contributed by atoms with Crippen molar-refractivity contribution in [1.29, 1.82) is 0 Å². The Morgan fingerprint density at radius 3 is 3.00 bits per heavy atom. The lowest BCUT2D eigenvalue weighted by molar-refractivity contribution is -0.385. The Hall–Kier alpha value is -2.22. The summed E-state index contributed by atoms with van der Waals surface area (Å²) in [6, 6.07) is 1.01. The molecule has 1 aliphatic heterocycles. The van der Waals surface area contributed by atoms with Crippen LogP contribution in [-0.2, 0) is 4.74 Å². The van der Waals surface area contributed by atoms with Gasteiger partial charge in [0.15, 0.2) is 0 Å². The van der Waals surface area contributed by atoms with Crippen LogP contribution in [0.4, 0.5) is 11.5 Å². The molecular formula is C13H17N3O5. The number of nitro groups is 1. The van der Waals surface area contributed by atoms with Crippen LogP contribution in [0.15, 0.2) is 12.3 Å². The number of carboxylic acid groups (broad SMARTS) is 1. The van der Waals surface area contributed by atoms with Crippen LogP contribution in [0.1, 0.15) is 36.0 Å². The number of anilines is 1. The third-order valence-corrected chi connectivity index (χ3v) is 3.35. The predicted molar refractivity (Wildman–Crippen MR) is 74.5 cm³/mol. The number of carboxylic acids is 1. The summed E-state index contributed by atoms with van der Waals surface area (Å²) in [5.74, 6) is -1.11. The van der Waals surface area contributed by atoms with Crippen molar-refractivity contribution in [2.45, 2.75) is 31.8 Å². The Bertz CT molecular complexity index is 529. The second-order valence-electron chi connectivity index (χ2n) is 4.86. The first-order chi connectivity index (χ1) is 10.1. The van der Waals surface area contributed by atoms with E-state index in [9.17, 15) is 14.9 Å². The molecule has 114 valence electrons. The molecule has 0 spiro atoms. The first-order valence-corrected chi connectivity index (χ1v) is 6.81. The number of aromatic carboxylic acids is 1. The zero-order valence-corrected chi connectivity index (χ0v) is 11.4. The number of rotatable bonds is 6. The van der Waals surface area contributed by atoms with E-state index in [0.717, 1.165) is 44.6 Å². The van der Waals surface area contributed by atoms with Gasteiger partial charge in [-0.3, -0.25) is 10.1 Å². The van der Waals surface area contributed by atoms with Crippen LogP contribution >= 0.6 is 0 Å². The van der Waals surface area contributed by atoms with Crippen molar-refractivity contribution in [3.05, 3.63) is 27.9 Å². The summed E-state index contributed by atoms with van der Waals surface area (Å²) in [4.78, 5) is 24.9. The molecule has 1 fully saturated rings. The van der Waals surface area contributed by atoms with Gasteiger partial charge in [-0.2, -0.15) is 0 Å². The van der Waals surface area contributed by atoms with Crippen LogP contribution in [0, 0.1) is 10.1 Å². The summed E-state index contributed by atoms with van der Waals surface area (Å²) in [7, 11) is 0. The normalized spacial score (nSPS) is 18.2. The largest absolute Gasteiger partial charge is 0.478 e. The predicted octanol–water partition coefficient (Wildman–Crippen LogP) is 2.06. The lowest BCUT2D eigenvalue weighted by Crippen LogP contribution is -2.22. The van der Waals surface area contributed by atoms with E-state index in [1.165, 1.54) is 0 Å². The van der Waals surface area contributed by atoms with E-state index in [1.807, 2.05) is 0 Å². The number of nitrogens with zero attached hydrogens (tertiary/aromatic N) is 2. The molecule has 1 aromatic rings. The molecule has 8 nitrogen and oxygen atoms in total. The fourth-order valence-corrected chi connectivity index (χ4v) is 2.24. The molecule has 0 bridgehead atoms. The van der Waals surface area contributed by atoms with Crippen LogP contribution in [-0.4, -0.2) is 40.2 Å². The fraction of sp³-hybridized carbons (Fsp3) is 0.538. The standard InChI is InChI=1S/C13H17N3O5/c17-13(18)11-7-9(16(19)20)8-15-12(11)14-5-4-10-3-1-2-6-21-10/h7-8,10H,1-6H2,(H,14,15)(H,17,18). The lowest BCUT2D eigenvalue weighted by Gasteiger charge is -2.22. The Balaban J connectivity index is 1.98. The molecule has 0 saturated carbocycles. The minimum absolute atomic E-state index is 0.143. The molecule has 2 rings (SSSR count). The van der Waals surface area contributed by atoms with Crippen molar-refractivity contribution in [2.75, 3.05) is 18.5 Å². The highest BCUT2D eigenvalue weighted by Gasteiger charge is 2.18. The minimum Gasteiger partial charge on any atom is -0.478 e. The summed E-state index contributed by atoms with van der Waals surface area (Å²) in [6.07, 6.45) is 5.19. The van der Waals surface area contributed by atoms with E-state index < -0.39 is 10.9 Å². The molecule has 1 aromatic heterocycles. The van der Waals surface area contributed by atoms with Gasteiger partial charge in [0.2, 0.25) is 0 Å². The second kappa shape index (κ2) is 6.98. The molecule has 0 radical (unpaired) electrons. The number of hydrogen-bond donors (Lipinski definition) is 2. The van der Waals surface area contributed by atoms with E-state index in [1.54, 1.807) is 0 Å². The van der Waals surface area contributed by atoms with E-state index >= 15 is 0 Å². The number of aromatic nitrogens is 1. The summed E-state index contributed by atoms with van der Waals surface area (Å²) >= 11 is 0. The van der Waals surface area contributed by atoms with Gasteiger partial charge in [0, 0.05) is 19.2 Å². The average molecular weight is 295 g/mol. The lowest BCUT2D eigenvalue weighted by atomic mass is 10.1. The van der Waals surface area contributed by atoms with Crippen LogP contribution in [0.3, 0.4) is 0 Å². The molecule has 2 N–H and O–H groups in total. The van der Waals surface area contributed by atoms with Crippen LogP contribution in [0.5, 0.6) is 0 Å². The maximum absolute atomic E-state index is 11.1. The van der Waals surface area contributed by atoms with Crippen molar-refractivity contribution in [2.24, 2.45) is 0 Å². The summed E-state index contributed by atoms with van der Waals surface area (Å²) < 4.78 is 5.58. The monoisotopic (exact) mass is 295 g/mol. The molecule has 2 heterocycles. The van der Waals surface area contributed by atoms with E-state index in [4.69, 9.17) is 9.84 Å². The first-order valence-electron chi connectivity index (χ1n) is 6.81. The summed E-state index contributed by atoms with van der Waals surface area (Å²) in [5, 5.41) is 22.6. The summed E-state index contributed by atoms with van der Waals surface area (Å²) in [5.41, 5.74) is -0.540. The zero-order valence-electron chi connectivity index (χ0n) is 11.4. The van der Waals surface area contributed by atoms with Crippen LogP contribution < -0.4 is 5.32 Å². The van der Waals surface area contributed by atoms with Crippen LogP contribution in [0.2, 0.25) is 0 Å². The van der Waals surface area contributed by atoms with Gasteiger partial charge in [-0.25, -0.2) is 9.78 Å². The van der Waals surface area contributed by atoms with Crippen molar-refractivity contribution < 1.29 is 19.6 Å². The van der Waals surface area contributed by atoms with Crippen molar-refractivity contribution in [3.63, 3.8) is 0 Å². The average Bonchev–Trinajstić information content (AvgIpc) is 2.48. The Morgan fingerprint density at radius 1 is 1.57 bits per heavy atom. The van der Waals surface area contributed by atoms with Gasteiger partial charge in [-0.05, 0) is 25.7 Å². The highest BCUT2D eigenvalue weighted by atomic mass is 16.6. The quantitative estimate of drug-likeness (QED) is 0.609. The minimum atomic E-state index is -1.25. The third-order valence-electron chi connectivity index (χ3n) is 3.35. The topological polar surface area (TPSA) is 115 Å². The number of carbonyl (C=O) groups is 1. The maximum Gasteiger partial charge on any atom is 0.339 e.